The molecule has 1 aromatic heterocycles. The SMILES string of the molecule is Cc1nc(COc2ccc(C(=O)O)cc2Cl)no1. The molecule has 2 rings (SSSR count). The number of benzene rings is 1. The second-order valence-electron chi connectivity index (χ2n) is 3.47. The monoisotopic (exact) mass is 268 g/mol. The zero-order valence-corrected chi connectivity index (χ0v) is 10.1. The number of carboxylic acid groups (broad SMARTS) is 1. The van der Waals surface area contributed by atoms with Gasteiger partial charge in [0, 0.05) is 6.92 Å². The molecular weight excluding hydrogens is 260 g/mol. The molecular formula is C11H9ClN2O4. The van der Waals surface area contributed by atoms with Crippen LogP contribution in [0.4, 0.5) is 0 Å². The Morgan fingerprint density at radius 3 is 2.89 bits per heavy atom. The minimum atomic E-state index is -1.04. The average Bonchev–Trinajstić information content (AvgIpc) is 2.73. The summed E-state index contributed by atoms with van der Waals surface area (Å²) in [7, 11) is 0. The first-order valence-electron chi connectivity index (χ1n) is 5.01. The predicted molar refractivity (Wildman–Crippen MR) is 61.8 cm³/mol. The molecule has 0 bridgehead atoms. The highest BCUT2D eigenvalue weighted by molar-refractivity contribution is 6.32. The van der Waals surface area contributed by atoms with E-state index in [4.69, 9.17) is 26.0 Å². The van der Waals surface area contributed by atoms with Crippen LogP contribution >= 0.6 is 11.6 Å². The molecule has 0 unspecified atom stereocenters. The summed E-state index contributed by atoms with van der Waals surface area (Å²) in [5.41, 5.74) is 0.0998. The average molecular weight is 269 g/mol. The van der Waals surface area contributed by atoms with Crippen LogP contribution in [-0.2, 0) is 6.61 Å². The van der Waals surface area contributed by atoms with Gasteiger partial charge in [-0.3, -0.25) is 0 Å². The van der Waals surface area contributed by atoms with Crippen molar-refractivity contribution in [3.05, 3.63) is 40.5 Å². The number of carbonyl (C=O) groups is 1. The summed E-state index contributed by atoms with van der Waals surface area (Å²) >= 11 is 5.89. The number of hydrogen-bond acceptors (Lipinski definition) is 5. The fraction of sp³-hybridized carbons (Fsp3) is 0.182. The lowest BCUT2D eigenvalue weighted by Gasteiger charge is -2.06. The van der Waals surface area contributed by atoms with Gasteiger partial charge in [0.15, 0.2) is 6.61 Å². The smallest absolute Gasteiger partial charge is 0.335 e. The number of nitrogens with zero attached hydrogens (tertiary/aromatic N) is 2. The molecule has 94 valence electrons. The van der Waals surface area contributed by atoms with Crippen molar-refractivity contribution in [2.24, 2.45) is 0 Å². The zero-order chi connectivity index (χ0) is 13.1. The summed E-state index contributed by atoms with van der Waals surface area (Å²) in [4.78, 5) is 14.7. The second-order valence-corrected chi connectivity index (χ2v) is 3.88. The van der Waals surface area contributed by atoms with E-state index in [0.29, 0.717) is 17.5 Å². The van der Waals surface area contributed by atoms with Gasteiger partial charge >= 0.3 is 5.97 Å². The first kappa shape index (κ1) is 12.4. The Bertz CT molecular complexity index is 582. The Hall–Kier alpha value is -2.08. The molecule has 2 aromatic rings. The molecule has 0 amide bonds. The van der Waals surface area contributed by atoms with Crippen LogP contribution in [0.5, 0.6) is 5.75 Å². The molecule has 6 nitrogen and oxygen atoms in total. The molecule has 0 saturated heterocycles. The van der Waals surface area contributed by atoms with Crippen LogP contribution in [0.3, 0.4) is 0 Å². The quantitative estimate of drug-likeness (QED) is 0.916. The van der Waals surface area contributed by atoms with Crippen LogP contribution < -0.4 is 4.74 Å². The van der Waals surface area contributed by atoms with Gasteiger partial charge in [0.25, 0.3) is 0 Å². The standard InChI is InChI=1S/C11H9ClN2O4/c1-6-13-10(14-18-6)5-17-9-3-2-7(11(15)16)4-8(9)12/h2-4H,5H2,1H3,(H,15,16). The highest BCUT2D eigenvalue weighted by Gasteiger charge is 2.09. The molecule has 1 heterocycles. The van der Waals surface area contributed by atoms with Crippen LogP contribution in [0.25, 0.3) is 0 Å². The van der Waals surface area contributed by atoms with Crippen molar-refractivity contribution in [2.45, 2.75) is 13.5 Å². The summed E-state index contributed by atoms with van der Waals surface area (Å²) in [5, 5.41) is 12.7. The van der Waals surface area contributed by atoms with Gasteiger partial charge in [0.05, 0.1) is 10.6 Å². The maximum absolute atomic E-state index is 10.7. The summed E-state index contributed by atoms with van der Waals surface area (Å²) in [5.74, 6) is 0.160. The number of aromatic carboxylic acids is 1. The van der Waals surface area contributed by atoms with Crippen molar-refractivity contribution in [1.82, 2.24) is 10.1 Å². The van der Waals surface area contributed by atoms with E-state index in [1.807, 2.05) is 0 Å². The molecule has 7 heteroatoms. The Morgan fingerprint density at radius 2 is 2.33 bits per heavy atom. The highest BCUT2D eigenvalue weighted by Crippen LogP contribution is 2.26. The third kappa shape index (κ3) is 2.78. The third-order valence-corrected chi connectivity index (χ3v) is 2.40. The van der Waals surface area contributed by atoms with Crippen molar-refractivity contribution in [1.29, 1.82) is 0 Å². The van der Waals surface area contributed by atoms with Crippen molar-refractivity contribution < 1.29 is 19.2 Å². The fourth-order valence-corrected chi connectivity index (χ4v) is 1.53. The van der Waals surface area contributed by atoms with Crippen molar-refractivity contribution >= 4 is 17.6 Å². The molecule has 0 radical (unpaired) electrons. The molecule has 0 atom stereocenters. The fourth-order valence-electron chi connectivity index (χ4n) is 1.29. The van der Waals surface area contributed by atoms with Crippen LogP contribution in [0.1, 0.15) is 22.1 Å². The van der Waals surface area contributed by atoms with E-state index in [9.17, 15) is 4.79 Å². The molecule has 0 aliphatic rings. The van der Waals surface area contributed by atoms with Crippen LogP contribution in [0.2, 0.25) is 5.02 Å². The molecule has 1 N–H and O–H groups in total. The van der Waals surface area contributed by atoms with E-state index in [-0.39, 0.29) is 17.2 Å². The number of halogens is 1. The minimum absolute atomic E-state index is 0.0998. The third-order valence-electron chi connectivity index (χ3n) is 2.11. The lowest BCUT2D eigenvalue weighted by atomic mass is 10.2. The normalized spacial score (nSPS) is 10.3. The summed E-state index contributed by atoms with van der Waals surface area (Å²) in [6.45, 7) is 1.77. The number of carboxylic acids is 1. The predicted octanol–water partition coefficient (Wildman–Crippen LogP) is 2.31. The lowest BCUT2D eigenvalue weighted by Crippen LogP contribution is -2.00. The number of hydrogen-bond donors (Lipinski definition) is 1. The molecule has 1 aromatic carbocycles. The highest BCUT2D eigenvalue weighted by atomic mass is 35.5. The molecule has 0 fully saturated rings. The van der Waals surface area contributed by atoms with Crippen LogP contribution in [-0.4, -0.2) is 21.2 Å². The van der Waals surface area contributed by atoms with Gasteiger partial charge in [-0.2, -0.15) is 4.98 Å². The van der Waals surface area contributed by atoms with Crippen molar-refractivity contribution in [3.8, 4) is 5.75 Å². The van der Waals surface area contributed by atoms with Gasteiger partial charge in [-0.05, 0) is 18.2 Å². The largest absolute Gasteiger partial charge is 0.484 e. The van der Waals surface area contributed by atoms with Crippen molar-refractivity contribution in [2.75, 3.05) is 0 Å². The molecule has 18 heavy (non-hydrogen) atoms. The Kier molecular flexibility index (Phi) is 3.47. The number of rotatable bonds is 4. The Balaban J connectivity index is 2.08. The van der Waals surface area contributed by atoms with Crippen LogP contribution in [0.15, 0.2) is 22.7 Å². The summed E-state index contributed by atoms with van der Waals surface area (Å²) < 4.78 is 10.1. The maximum Gasteiger partial charge on any atom is 0.335 e. The molecule has 0 spiro atoms. The van der Waals surface area contributed by atoms with E-state index < -0.39 is 5.97 Å². The summed E-state index contributed by atoms with van der Waals surface area (Å²) in [6, 6.07) is 4.21. The minimum Gasteiger partial charge on any atom is -0.484 e. The van der Waals surface area contributed by atoms with Crippen molar-refractivity contribution in [3.63, 3.8) is 0 Å². The molecule has 0 aliphatic carbocycles. The van der Waals surface area contributed by atoms with Gasteiger partial charge in [-0.15, -0.1) is 0 Å². The van der Waals surface area contributed by atoms with E-state index >= 15 is 0 Å². The van der Waals surface area contributed by atoms with E-state index in [1.165, 1.54) is 18.2 Å². The molecule has 0 aliphatic heterocycles. The lowest BCUT2D eigenvalue weighted by molar-refractivity contribution is 0.0697. The Labute approximate surface area is 107 Å². The van der Waals surface area contributed by atoms with Gasteiger partial charge in [0.1, 0.15) is 5.75 Å². The Morgan fingerprint density at radius 1 is 1.56 bits per heavy atom. The zero-order valence-electron chi connectivity index (χ0n) is 9.38. The van der Waals surface area contributed by atoms with Gasteiger partial charge in [-0.1, -0.05) is 16.8 Å². The van der Waals surface area contributed by atoms with Gasteiger partial charge < -0.3 is 14.4 Å². The van der Waals surface area contributed by atoms with E-state index in [2.05, 4.69) is 10.1 Å². The van der Waals surface area contributed by atoms with E-state index in [1.54, 1.807) is 6.92 Å². The van der Waals surface area contributed by atoms with Gasteiger partial charge in [0.2, 0.25) is 11.7 Å². The summed E-state index contributed by atoms with van der Waals surface area (Å²) in [6.07, 6.45) is 0. The number of ether oxygens (including phenoxy) is 1. The number of aromatic nitrogens is 2. The second kappa shape index (κ2) is 5.05. The van der Waals surface area contributed by atoms with Crippen LogP contribution in [0, 0.1) is 6.92 Å². The first-order chi connectivity index (χ1) is 8.56. The maximum atomic E-state index is 10.7. The number of aryl methyl sites for hydroxylation is 1. The van der Waals surface area contributed by atoms with Gasteiger partial charge in [-0.25, -0.2) is 4.79 Å². The topological polar surface area (TPSA) is 85.5 Å². The first-order valence-corrected chi connectivity index (χ1v) is 5.39. The molecule has 0 saturated carbocycles. The van der Waals surface area contributed by atoms with E-state index in [0.717, 1.165) is 0 Å².